The molecule has 0 atom stereocenters. The Morgan fingerprint density at radius 3 is 2.17 bits per heavy atom. The van der Waals surface area contributed by atoms with E-state index in [4.69, 9.17) is 0 Å². The first-order valence-electron chi connectivity index (χ1n) is 8.91. The Bertz CT molecular complexity index is 1030. The number of carbonyl (C=O) groups excluding carboxylic acids is 2. The minimum Gasteiger partial charge on any atom is -0.343 e. The Morgan fingerprint density at radius 1 is 0.897 bits per heavy atom. The van der Waals surface area contributed by atoms with Crippen LogP contribution in [0.2, 0.25) is 0 Å². The van der Waals surface area contributed by atoms with Gasteiger partial charge in [0, 0.05) is 24.7 Å². The summed E-state index contributed by atoms with van der Waals surface area (Å²) in [6, 6.07) is 19.4. The van der Waals surface area contributed by atoms with Crippen LogP contribution in [0.5, 0.6) is 0 Å². The Kier molecular flexibility index (Phi) is 5.87. The van der Waals surface area contributed by atoms with Crippen molar-refractivity contribution < 1.29 is 22.8 Å². The zero-order valence-corrected chi connectivity index (χ0v) is 15.7. The van der Waals surface area contributed by atoms with Crippen molar-refractivity contribution >= 4 is 22.6 Å². The van der Waals surface area contributed by atoms with E-state index >= 15 is 0 Å². The minimum absolute atomic E-state index is 0.126. The van der Waals surface area contributed by atoms with E-state index in [1.54, 1.807) is 30.1 Å². The van der Waals surface area contributed by atoms with Gasteiger partial charge in [-0.2, -0.15) is 13.2 Å². The van der Waals surface area contributed by atoms with E-state index in [2.05, 4.69) is 0 Å². The lowest BCUT2D eigenvalue weighted by Crippen LogP contribution is -2.33. The summed E-state index contributed by atoms with van der Waals surface area (Å²) in [5, 5.41) is 3.85. The Morgan fingerprint density at radius 2 is 1.52 bits per heavy atom. The fourth-order valence-electron chi connectivity index (χ4n) is 2.93. The summed E-state index contributed by atoms with van der Waals surface area (Å²) < 4.78 is 36.6. The predicted octanol–water partition coefficient (Wildman–Crippen LogP) is 4.40. The van der Waals surface area contributed by atoms with Crippen molar-refractivity contribution in [2.24, 2.45) is 0 Å². The quantitative estimate of drug-likeness (QED) is 0.690. The molecule has 0 aliphatic rings. The van der Waals surface area contributed by atoms with Gasteiger partial charge in [-0.25, -0.2) is 0 Å². The molecular formula is C22H19F3N2O2. The van der Waals surface area contributed by atoms with Gasteiger partial charge < -0.3 is 10.2 Å². The molecule has 0 radical (unpaired) electrons. The van der Waals surface area contributed by atoms with E-state index in [1.165, 1.54) is 12.1 Å². The molecule has 0 bridgehead atoms. The van der Waals surface area contributed by atoms with Crippen molar-refractivity contribution in [3.05, 3.63) is 83.4 Å². The highest BCUT2D eigenvalue weighted by molar-refractivity contribution is 5.98. The van der Waals surface area contributed by atoms with Gasteiger partial charge in [-0.15, -0.1) is 0 Å². The number of hydrogen-bond donors (Lipinski definition) is 1. The van der Waals surface area contributed by atoms with Gasteiger partial charge in [0.15, 0.2) is 0 Å². The highest BCUT2D eigenvalue weighted by Gasteiger charge is 2.27. The van der Waals surface area contributed by atoms with E-state index in [9.17, 15) is 22.8 Å². The zero-order valence-electron chi connectivity index (χ0n) is 15.7. The molecule has 0 spiro atoms. The third kappa shape index (κ3) is 5.34. The van der Waals surface area contributed by atoms with Crippen molar-refractivity contribution in [1.82, 2.24) is 10.2 Å². The monoisotopic (exact) mass is 400 g/mol. The summed E-state index contributed by atoms with van der Waals surface area (Å²) in [5.74, 6) is -0.947. The maximum atomic E-state index is 12.7. The smallest absolute Gasteiger partial charge is 0.343 e. The molecular weight excluding hydrogens is 381 g/mol. The van der Waals surface area contributed by atoms with Crippen molar-refractivity contribution in [2.45, 2.75) is 12.7 Å². The number of amides is 2. The average molecular weight is 400 g/mol. The van der Waals surface area contributed by atoms with Gasteiger partial charge in [0.1, 0.15) is 6.54 Å². The number of fused-ring (bicyclic) bond motifs is 1. The molecule has 29 heavy (non-hydrogen) atoms. The van der Waals surface area contributed by atoms with Gasteiger partial charge in [0.05, 0.1) is 0 Å². The van der Waals surface area contributed by atoms with Gasteiger partial charge in [-0.05, 0) is 40.6 Å². The predicted molar refractivity (Wildman–Crippen MR) is 105 cm³/mol. The largest absolute Gasteiger partial charge is 0.405 e. The molecule has 4 nitrogen and oxygen atoms in total. The second-order valence-electron chi connectivity index (χ2n) is 6.72. The molecule has 7 heteroatoms. The molecule has 0 heterocycles. The van der Waals surface area contributed by atoms with Crippen LogP contribution in [0.25, 0.3) is 10.8 Å². The fraction of sp³-hybridized carbons (Fsp3) is 0.182. The molecule has 150 valence electrons. The molecule has 0 fully saturated rings. The number of carbonyl (C=O) groups is 2. The van der Waals surface area contributed by atoms with Gasteiger partial charge in [-0.3, -0.25) is 9.59 Å². The Balaban J connectivity index is 1.64. The summed E-state index contributed by atoms with van der Waals surface area (Å²) >= 11 is 0. The highest BCUT2D eigenvalue weighted by Crippen LogP contribution is 2.18. The topological polar surface area (TPSA) is 49.4 Å². The van der Waals surface area contributed by atoms with Gasteiger partial charge in [0.25, 0.3) is 11.8 Å². The maximum absolute atomic E-state index is 12.7. The van der Waals surface area contributed by atoms with Crippen molar-refractivity contribution in [3.8, 4) is 0 Å². The molecule has 2 amide bonds. The number of hydrogen-bond acceptors (Lipinski definition) is 2. The third-order valence-electron chi connectivity index (χ3n) is 4.43. The van der Waals surface area contributed by atoms with Crippen LogP contribution in [-0.4, -0.2) is 36.5 Å². The molecule has 3 aromatic rings. The number of rotatable bonds is 5. The van der Waals surface area contributed by atoms with Crippen LogP contribution in [0.1, 0.15) is 26.3 Å². The third-order valence-corrected chi connectivity index (χ3v) is 4.43. The molecule has 0 aliphatic heterocycles. The fourth-order valence-corrected chi connectivity index (χ4v) is 2.93. The standard InChI is InChI=1S/C22H19F3N2O2/c1-27(21(29)19-11-10-16-4-2-3-5-18(16)12-19)13-15-6-8-17(9-7-15)20(28)26-14-22(23,24)25/h2-12H,13-14H2,1H3,(H,26,28). The first-order chi connectivity index (χ1) is 13.7. The molecule has 3 aromatic carbocycles. The molecule has 0 saturated carbocycles. The molecule has 0 aliphatic carbocycles. The SMILES string of the molecule is CN(Cc1ccc(C(=O)NCC(F)(F)F)cc1)C(=O)c1ccc2ccccc2c1. The average Bonchev–Trinajstić information content (AvgIpc) is 2.71. The summed E-state index contributed by atoms with van der Waals surface area (Å²) in [4.78, 5) is 26.0. The van der Waals surface area contributed by atoms with E-state index in [1.807, 2.05) is 41.7 Å². The highest BCUT2D eigenvalue weighted by atomic mass is 19.4. The van der Waals surface area contributed by atoms with Crippen molar-refractivity contribution in [3.63, 3.8) is 0 Å². The second kappa shape index (κ2) is 8.34. The van der Waals surface area contributed by atoms with E-state index < -0.39 is 18.6 Å². The van der Waals surface area contributed by atoms with Crippen LogP contribution < -0.4 is 5.32 Å². The van der Waals surface area contributed by atoms with Crippen molar-refractivity contribution in [2.75, 3.05) is 13.6 Å². The van der Waals surface area contributed by atoms with Crippen LogP contribution in [-0.2, 0) is 6.54 Å². The van der Waals surface area contributed by atoms with Gasteiger partial charge in [0.2, 0.25) is 0 Å². The Labute approximate surface area is 165 Å². The zero-order chi connectivity index (χ0) is 21.0. The summed E-state index contributed by atoms with van der Waals surface area (Å²) in [7, 11) is 1.67. The lowest BCUT2D eigenvalue weighted by Gasteiger charge is -2.18. The lowest BCUT2D eigenvalue weighted by atomic mass is 10.1. The summed E-state index contributed by atoms with van der Waals surface area (Å²) in [6.45, 7) is -1.08. The second-order valence-corrected chi connectivity index (χ2v) is 6.72. The number of halogens is 3. The molecule has 1 N–H and O–H groups in total. The van der Waals surface area contributed by atoms with Gasteiger partial charge in [-0.1, -0.05) is 42.5 Å². The summed E-state index contributed by atoms with van der Waals surface area (Å²) in [6.07, 6.45) is -4.46. The normalized spacial score (nSPS) is 11.3. The first-order valence-corrected chi connectivity index (χ1v) is 8.91. The molecule has 3 rings (SSSR count). The van der Waals surface area contributed by atoms with Crippen LogP contribution in [0, 0.1) is 0 Å². The number of nitrogens with zero attached hydrogens (tertiary/aromatic N) is 1. The minimum atomic E-state index is -4.46. The van der Waals surface area contributed by atoms with Crippen LogP contribution in [0.3, 0.4) is 0 Å². The van der Waals surface area contributed by atoms with Crippen LogP contribution >= 0.6 is 0 Å². The molecule has 0 saturated heterocycles. The molecule has 0 aromatic heterocycles. The number of alkyl halides is 3. The number of benzene rings is 3. The lowest BCUT2D eigenvalue weighted by molar-refractivity contribution is -0.123. The Hall–Kier alpha value is -3.35. The van der Waals surface area contributed by atoms with E-state index in [-0.39, 0.29) is 11.5 Å². The van der Waals surface area contributed by atoms with Gasteiger partial charge >= 0.3 is 6.18 Å². The first kappa shape index (κ1) is 20.4. The van der Waals surface area contributed by atoms with E-state index in [0.29, 0.717) is 12.1 Å². The maximum Gasteiger partial charge on any atom is 0.405 e. The number of nitrogens with one attached hydrogen (secondary N) is 1. The van der Waals surface area contributed by atoms with Crippen LogP contribution in [0.4, 0.5) is 13.2 Å². The van der Waals surface area contributed by atoms with E-state index in [0.717, 1.165) is 16.3 Å². The van der Waals surface area contributed by atoms with Crippen LogP contribution in [0.15, 0.2) is 66.7 Å². The molecule has 0 unspecified atom stereocenters. The summed E-state index contributed by atoms with van der Waals surface area (Å²) in [5.41, 5.74) is 1.45. The van der Waals surface area contributed by atoms with Crippen molar-refractivity contribution in [1.29, 1.82) is 0 Å².